The smallest absolute Gasteiger partial charge is 0.416 e. The molecule has 3 rings (SSSR count). The van der Waals surface area contributed by atoms with Gasteiger partial charge in [-0.3, -0.25) is 9.10 Å². The van der Waals surface area contributed by atoms with Crippen molar-refractivity contribution in [2.75, 3.05) is 23.3 Å². The van der Waals surface area contributed by atoms with E-state index >= 15 is 0 Å². The molecule has 0 spiro atoms. The summed E-state index contributed by atoms with van der Waals surface area (Å²) in [5.41, 5.74) is -0.803. The molecule has 0 radical (unpaired) electrons. The van der Waals surface area contributed by atoms with Crippen molar-refractivity contribution in [3.05, 3.63) is 84.4 Å². The van der Waals surface area contributed by atoms with E-state index in [0.717, 1.165) is 22.5 Å². The number of nitrogens with one attached hydrogen (secondary N) is 1. The Hall–Kier alpha value is -3.53. The molecule has 1 amide bonds. The van der Waals surface area contributed by atoms with E-state index in [1.807, 2.05) is 0 Å². The van der Waals surface area contributed by atoms with Crippen LogP contribution in [0, 0.1) is 0 Å². The number of amides is 1. The number of benzene rings is 3. The highest BCUT2D eigenvalue weighted by Crippen LogP contribution is 2.31. The van der Waals surface area contributed by atoms with Crippen LogP contribution < -0.4 is 14.4 Å². The van der Waals surface area contributed by atoms with Crippen molar-refractivity contribution in [2.24, 2.45) is 0 Å². The zero-order chi connectivity index (χ0) is 23.4. The Labute approximate surface area is 183 Å². The molecule has 168 valence electrons. The fourth-order valence-corrected chi connectivity index (χ4v) is 4.31. The summed E-state index contributed by atoms with van der Waals surface area (Å²) in [6.45, 7) is -0.644. The van der Waals surface area contributed by atoms with Crippen LogP contribution in [0.15, 0.2) is 83.8 Å². The van der Waals surface area contributed by atoms with Crippen molar-refractivity contribution >= 4 is 27.3 Å². The third kappa shape index (κ3) is 5.38. The molecular weight excluding hydrogens is 445 g/mol. The van der Waals surface area contributed by atoms with Gasteiger partial charge in [0.15, 0.2) is 0 Å². The molecule has 32 heavy (non-hydrogen) atoms. The number of sulfonamides is 1. The number of alkyl halides is 3. The number of hydrogen-bond donors (Lipinski definition) is 1. The van der Waals surface area contributed by atoms with E-state index in [0.29, 0.717) is 5.75 Å². The summed E-state index contributed by atoms with van der Waals surface area (Å²) in [4.78, 5) is 12.5. The number of carbonyl (C=O) groups is 1. The maximum Gasteiger partial charge on any atom is 0.416 e. The highest BCUT2D eigenvalue weighted by molar-refractivity contribution is 7.92. The molecular formula is C22H19F3N2O4S. The van der Waals surface area contributed by atoms with Crippen LogP contribution >= 0.6 is 0 Å². The molecule has 0 unspecified atom stereocenters. The van der Waals surface area contributed by atoms with E-state index in [-0.39, 0.29) is 16.3 Å². The van der Waals surface area contributed by atoms with E-state index in [1.54, 1.807) is 18.2 Å². The Bertz CT molecular complexity index is 1180. The molecule has 0 atom stereocenters. The lowest BCUT2D eigenvalue weighted by atomic mass is 10.2. The largest absolute Gasteiger partial charge is 0.497 e. The third-order valence-corrected chi connectivity index (χ3v) is 6.24. The number of rotatable bonds is 7. The average molecular weight is 464 g/mol. The molecule has 1 N–H and O–H groups in total. The quantitative estimate of drug-likeness (QED) is 0.557. The van der Waals surface area contributed by atoms with Crippen molar-refractivity contribution in [3.8, 4) is 5.75 Å². The second-order valence-corrected chi connectivity index (χ2v) is 8.51. The van der Waals surface area contributed by atoms with Gasteiger partial charge in [0.1, 0.15) is 12.3 Å². The lowest BCUT2D eigenvalue weighted by Crippen LogP contribution is -2.38. The van der Waals surface area contributed by atoms with Crippen molar-refractivity contribution in [1.82, 2.24) is 0 Å². The Kier molecular flexibility index (Phi) is 6.73. The monoisotopic (exact) mass is 464 g/mol. The van der Waals surface area contributed by atoms with Gasteiger partial charge in [0.2, 0.25) is 5.91 Å². The summed E-state index contributed by atoms with van der Waals surface area (Å²) in [5.74, 6) is -0.345. The van der Waals surface area contributed by atoms with Crippen LogP contribution in [-0.4, -0.2) is 28.0 Å². The topological polar surface area (TPSA) is 75.7 Å². The summed E-state index contributed by atoms with van der Waals surface area (Å²) in [7, 11) is -2.72. The maximum absolute atomic E-state index is 13.3. The minimum absolute atomic E-state index is 0.0750. The molecule has 3 aromatic rings. The number of anilines is 2. The van der Waals surface area contributed by atoms with Gasteiger partial charge in [0, 0.05) is 5.69 Å². The maximum atomic E-state index is 13.3. The first-order valence-corrected chi connectivity index (χ1v) is 10.7. The van der Waals surface area contributed by atoms with E-state index in [2.05, 4.69) is 5.32 Å². The summed E-state index contributed by atoms with van der Waals surface area (Å²) >= 11 is 0. The van der Waals surface area contributed by atoms with Gasteiger partial charge < -0.3 is 10.1 Å². The average Bonchev–Trinajstić information content (AvgIpc) is 2.77. The number of methoxy groups -OCH3 is 1. The number of nitrogens with zero attached hydrogens (tertiary/aromatic N) is 1. The molecule has 0 bridgehead atoms. The normalized spacial score (nSPS) is 11.6. The van der Waals surface area contributed by atoms with Crippen LogP contribution in [0.5, 0.6) is 5.75 Å². The minimum Gasteiger partial charge on any atom is -0.497 e. The molecule has 3 aromatic carbocycles. The number of hydrogen-bond acceptors (Lipinski definition) is 4. The lowest BCUT2D eigenvalue weighted by Gasteiger charge is -2.24. The predicted octanol–water partition coefficient (Wildman–Crippen LogP) is 4.55. The summed E-state index contributed by atoms with van der Waals surface area (Å²) in [5, 5.41) is 2.33. The molecule has 6 nitrogen and oxygen atoms in total. The predicted molar refractivity (Wildman–Crippen MR) is 114 cm³/mol. The van der Waals surface area contributed by atoms with Crippen LogP contribution in [0.4, 0.5) is 24.5 Å². The Morgan fingerprint density at radius 3 is 2.22 bits per heavy atom. The van der Waals surface area contributed by atoms with E-state index < -0.39 is 34.2 Å². The number of carbonyl (C=O) groups excluding carboxylic acids is 1. The zero-order valence-corrected chi connectivity index (χ0v) is 17.7. The molecule has 0 aliphatic heterocycles. The van der Waals surface area contributed by atoms with Gasteiger partial charge in [-0.05, 0) is 54.6 Å². The molecule has 10 heteroatoms. The van der Waals surface area contributed by atoms with Crippen LogP contribution in [0.2, 0.25) is 0 Å². The molecule has 0 saturated heterocycles. The van der Waals surface area contributed by atoms with Gasteiger partial charge in [0.25, 0.3) is 10.0 Å². The minimum atomic E-state index is -4.57. The number of ether oxygens (including phenoxy) is 1. The lowest BCUT2D eigenvalue weighted by molar-refractivity contribution is -0.137. The first kappa shape index (κ1) is 23.1. The summed E-state index contributed by atoms with van der Waals surface area (Å²) < 4.78 is 71.2. The van der Waals surface area contributed by atoms with E-state index in [1.165, 1.54) is 49.6 Å². The SMILES string of the molecule is COc1ccc(S(=O)(=O)N(CC(=O)Nc2cccc(C(F)(F)F)c2)c2ccccc2)cc1. The Balaban J connectivity index is 1.89. The van der Waals surface area contributed by atoms with Crippen LogP contribution in [0.3, 0.4) is 0 Å². The van der Waals surface area contributed by atoms with E-state index in [4.69, 9.17) is 4.74 Å². The third-order valence-electron chi connectivity index (χ3n) is 4.45. The standard InChI is InChI=1S/C22H19F3N2O4S/c1-31-19-10-12-20(13-11-19)32(29,30)27(18-8-3-2-4-9-18)15-21(28)26-17-7-5-6-16(14-17)22(23,24)25/h2-14H,15H2,1H3,(H,26,28). The van der Waals surface area contributed by atoms with Crippen molar-refractivity contribution in [2.45, 2.75) is 11.1 Å². The highest BCUT2D eigenvalue weighted by Gasteiger charge is 2.31. The van der Waals surface area contributed by atoms with Crippen molar-refractivity contribution in [1.29, 1.82) is 0 Å². The van der Waals surface area contributed by atoms with Crippen LogP contribution in [-0.2, 0) is 21.0 Å². The van der Waals surface area contributed by atoms with Gasteiger partial charge >= 0.3 is 6.18 Å². The Morgan fingerprint density at radius 2 is 1.62 bits per heavy atom. The highest BCUT2D eigenvalue weighted by atomic mass is 32.2. The molecule has 0 heterocycles. The second-order valence-electron chi connectivity index (χ2n) is 6.65. The van der Waals surface area contributed by atoms with Crippen LogP contribution in [0.25, 0.3) is 0 Å². The second kappa shape index (κ2) is 9.31. The molecule has 0 aliphatic rings. The van der Waals surface area contributed by atoms with Crippen LogP contribution in [0.1, 0.15) is 5.56 Å². The number of halogens is 3. The van der Waals surface area contributed by atoms with Gasteiger partial charge in [0.05, 0.1) is 23.3 Å². The zero-order valence-electron chi connectivity index (χ0n) is 16.8. The molecule has 0 fully saturated rings. The molecule has 0 aromatic heterocycles. The van der Waals surface area contributed by atoms with Gasteiger partial charge in [-0.2, -0.15) is 13.2 Å². The van der Waals surface area contributed by atoms with E-state index in [9.17, 15) is 26.4 Å². The Morgan fingerprint density at radius 1 is 0.969 bits per heavy atom. The first-order valence-electron chi connectivity index (χ1n) is 9.30. The van der Waals surface area contributed by atoms with Gasteiger partial charge in [-0.15, -0.1) is 0 Å². The first-order chi connectivity index (χ1) is 15.1. The van der Waals surface area contributed by atoms with Crippen molar-refractivity contribution < 1.29 is 31.1 Å². The summed E-state index contributed by atoms with van der Waals surface area (Å²) in [6, 6.07) is 17.7. The molecule has 0 saturated carbocycles. The molecule has 0 aliphatic carbocycles. The fraction of sp³-hybridized carbons (Fsp3) is 0.136. The van der Waals surface area contributed by atoms with Gasteiger partial charge in [-0.25, -0.2) is 8.42 Å². The van der Waals surface area contributed by atoms with Gasteiger partial charge in [-0.1, -0.05) is 24.3 Å². The summed E-state index contributed by atoms with van der Waals surface area (Å²) in [6.07, 6.45) is -4.57. The number of para-hydroxylation sites is 1. The van der Waals surface area contributed by atoms with Crippen molar-refractivity contribution in [3.63, 3.8) is 0 Å². The fourth-order valence-electron chi connectivity index (χ4n) is 2.89.